The molecule has 0 fully saturated rings. The quantitative estimate of drug-likeness (QED) is 0.354. The summed E-state index contributed by atoms with van der Waals surface area (Å²) in [6.45, 7) is 1.49. The number of halogens is 4. The average molecular weight is 466 g/mol. The molecule has 0 unspecified atom stereocenters. The number of nitrogens with zero attached hydrogens (tertiary/aromatic N) is 7. The third-order valence-electron chi connectivity index (χ3n) is 4.31. The van der Waals surface area contributed by atoms with Crippen LogP contribution >= 0.6 is 11.6 Å². The van der Waals surface area contributed by atoms with Gasteiger partial charge in [-0.1, -0.05) is 11.6 Å². The first kappa shape index (κ1) is 21.2. The third kappa shape index (κ3) is 3.97. The van der Waals surface area contributed by atoms with Gasteiger partial charge in [0.15, 0.2) is 11.5 Å². The first-order valence-corrected chi connectivity index (χ1v) is 9.23. The van der Waals surface area contributed by atoms with Crippen LogP contribution in [-0.2, 0) is 6.18 Å². The molecule has 0 saturated heterocycles. The molecule has 0 aromatic carbocycles. The van der Waals surface area contributed by atoms with Gasteiger partial charge in [0.2, 0.25) is 12.4 Å². The molecule has 0 aliphatic carbocycles. The van der Waals surface area contributed by atoms with Crippen LogP contribution in [0.2, 0.25) is 5.02 Å². The number of hydrogen-bond donors (Lipinski definition) is 2. The van der Waals surface area contributed by atoms with Crippen LogP contribution < -0.4 is 10.0 Å². The topological polar surface area (TPSA) is 115 Å². The van der Waals surface area contributed by atoms with E-state index in [1.165, 1.54) is 43.8 Å². The van der Waals surface area contributed by atoms with Gasteiger partial charge in [0.05, 0.1) is 46.7 Å². The molecular weight excluding hydrogens is 453 g/mol. The molecule has 0 spiro atoms. The minimum absolute atomic E-state index is 0.0439. The first-order chi connectivity index (χ1) is 15.1. The van der Waals surface area contributed by atoms with E-state index in [4.69, 9.17) is 11.6 Å². The maximum Gasteiger partial charge on any atom is 0.434 e. The standard InChI is InChI=1S/C18H12ClF3N8O2/c1-10-9-28(32)5-2-14(10)29-15(18(20,21)22)12(8-26-29)17(31)27-11-6-13(19)16(23-7-11)30-24-3-4-25-30/h2-9H,1H3,(H-,27,31,32)/p+1. The zero-order valence-electron chi connectivity index (χ0n) is 16.1. The van der Waals surface area contributed by atoms with E-state index in [1.807, 2.05) is 0 Å². The molecule has 4 aromatic heterocycles. The molecule has 32 heavy (non-hydrogen) atoms. The molecule has 4 heterocycles. The van der Waals surface area contributed by atoms with Crippen molar-refractivity contribution in [3.05, 3.63) is 71.2 Å². The van der Waals surface area contributed by atoms with Crippen molar-refractivity contribution in [3.8, 4) is 11.5 Å². The number of rotatable bonds is 4. The van der Waals surface area contributed by atoms with E-state index in [0.29, 0.717) is 15.0 Å². The molecule has 164 valence electrons. The van der Waals surface area contributed by atoms with Crippen LogP contribution in [0.25, 0.3) is 11.5 Å². The van der Waals surface area contributed by atoms with E-state index in [-0.39, 0.29) is 22.2 Å². The number of hydrogen-bond acceptors (Lipinski definition) is 6. The van der Waals surface area contributed by atoms with Crippen molar-refractivity contribution >= 4 is 23.2 Å². The summed E-state index contributed by atoms with van der Waals surface area (Å²) in [5.41, 5.74) is -1.57. The fourth-order valence-corrected chi connectivity index (χ4v) is 3.21. The van der Waals surface area contributed by atoms with Crippen molar-refractivity contribution in [1.29, 1.82) is 0 Å². The lowest BCUT2D eigenvalue weighted by Gasteiger charge is -2.13. The van der Waals surface area contributed by atoms with Crippen molar-refractivity contribution in [1.82, 2.24) is 29.8 Å². The Morgan fingerprint density at radius 1 is 1.22 bits per heavy atom. The summed E-state index contributed by atoms with van der Waals surface area (Å²) >= 11 is 6.14. The van der Waals surface area contributed by atoms with Crippen LogP contribution in [0.1, 0.15) is 21.6 Å². The number of aryl methyl sites for hydroxylation is 1. The summed E-state index contributed by atoms with van der Waals surface area (Å²) in [6, 6.07) is 2.55. The summed E-state index contributed by atoms with van der Waals surface area (Å²) in [6.07, 6.45) is 2.31. The Morgan fingerprint density at radius 3 is 2.56 bits per heavy atom. The fraction of sp³-hybridized carbons (Fsp3) is 0.111. The molecule has 0 saturated carbocycles. The number of carbonyl (C=O) groups excluding carboxylic acids is 1. The van der Waals surface area contributed by atoms with Crippen LogP contribution in [0.4, 0.5) is 18.9 Å². The van der Waals surface area contributed by atoms with Crippen LogP contribution in [0.5, 0.6) is 0 Å². The van der Waals surface area contributed by atoms with Crippen molar-refractivity contribution in [2.45, 2.75) is 13.1 Å². The number of nitrogens with one attached hydrogen (secondary N) is 1. The molecular formula is C18H13ClF3N8O2+. The van der Waals surface area contributed by atoms with Gasteiger partial charge in [0.25, 0.3) is 5.91 Å². The lowest BCUT2D eigenvalue weighted by molar-refractivity contribution is -0.905. The lowest BCUT2D eigenvalue weighted by Crippen LogP contribution is -2.30. The van der Waals surface area contributed by atoms with Crippen molar-refractivity contribution in [2.75, 3.05) is 5.32 Å². The summed E-state index contributed by atoms with van der Waals surface area (Å²) in [5, 5.41) is 23.4. The SMILES string of the molecule is Cc1c[n+](O)ccc1-n1ncc(C(=O)Nc2cnc(-n3nccn3)c(Cl)c2)c1C(F)(F)F. The molecule has 0 bridgehead atoms. The van der Waals surface area contributed by atoms with Crippen molar-refractivity contribution in [3.63, 3.8) is 0 Å². The second kappa shape index (κ2) is 7.92. The molecule has 4 aromatic rings. The lowest BCUT2D eigenvalue weighted by atomic mass is 10.2. The molecule has 0 aliphatic rings. The second-order valence-corrected chi connectivity index (χ2v) is 6.92. The maximum absolute atomic E-state index is 13.9. The summed E-state index contributed by atoms with van der Waals surface area (Å²) in [7, 11) is 0. The number of carbonyl (C=O) groups is 1. The van der Waals surface area contributed by atoms with Gasteiger partial charge in [0.1, 0.15) is 0 Å². The Bertz CT molecular complexity index is 1300. The van der Waals surface area contributed by atoms with Crippen molar-refractivity contribution in [2.24, 2.45) is 0 Å². The molecule has 0 radical (unpaired) electrons. The normalized spacial score (nSPS) is 11.5. The Hall–Kier alpha value is -4.00. The smallest absolute Gasteiger partial charge is 0.320 e. The van der Waals surface area contributed by atoms with Gasteiger partial charge in [-0.25, -0.2) is 9.67 Å². The van der Waals surface area contributed by atoms with Gasteiger partial charge in [0, 0.05) is 16.4 Å². The van der Waals surface area contributed by atoms with Gasteiger partial charge in [-0.05, 0) is 13.0 Å². The summed E-state index contributed by atoms with van der Waals surface area (Å²) < 4.78 is 42.9. The Labute approximate surface area is 182 Å². The van der Waals surface area contributed by atoms with Gasteiger partial charge in [-0.2, -0.15) is 28.5 Å². The summed E-state index contributed by atoms with van der Waals surface area (Å²) in [4.78, 5) is 17.9. The third-order valence-corrected chi connectivity index (χ3v) is 4.59. The monoisotopic (exact) mass is 465 g/mol. The van der Waals surface area contributed by atoms with E-state index in [9.17, 15) is 23.2 Å². The Balaban J connectivity index is 1.69. The van der Waals surface area contributed by atoms with E-state index in [0.717, 1.165) is 17.2 Å². The number of alkyl halides is 3. The predicted molar refractivity (Wildman–Crippen MR) is 103 cm³/mol. The number of anilines is 1. The minimum Gasteiger partial charge on any atom is -0.320 e. The van der Waals surface area contributed by atoms with Crippen LogP contribution in [0, 0.1) is 6.92 Å². The van der Waals surface area contributed by atoms with Gasteiger partial charge in [-0.3, -0.25) is 10.0 Å². The molecule has 0 atom stereocenters. The van der Waals surface area contributed by atoms with Crippen LogP contribution in [0.3, 0.4) is 0 Å². The molecule has 10 nitrogen and oxygen atoms in total. The summed E-state index contributed by atoms with van der Waals surface area (Å²) in [5.74, 6) is -0.878. The van der Waals surface area contributed by atoms with Gasteiger partial charge < -0.3 is 5.32 Å². The van der Waals surface area contributed by atoms with Crippen molar-refractivity contribution < 1.29 is 27.9 Å². The predicted octanol–water partition coefficient (Wildman–Crippen LogP) is 2.61. The molecule has 14 heteroatoms. The highest BCUT2D eigenvalue weighted by Gasteiger charge is 2.41. The van der Waals surface area contributed by atoms with Crippen LogP contribution in [0.15, 0.2) is 49.3 Å². The highest BCUT2D eigenvalue weighted by atomic mass is 35.5. The van der Waals surface area contributed by atoms with E-state index in [2.05, 4.69) is 25.6 Å². The van der Waals surface area contributed by atoms with Gasteiger partial charge in [-0.15, -0.1) is 4.80 Å². The largest absolute Gasteiger partial charge is 0.434 e. The highest BCUT2D eigenvalue weighted by Crippen LogP contribution is 2.34. The fourth-order valence-electron chi connectivity index (χ4n) is 2.96. The average Bonchev–Trinajstić information content (AvgIpc) is 3.38. The zero-order chi connectivity index (χ0) is 23.0. The Morgan fingerprint density at radius 2 is 1.94 bits per heavy atom. The first-order valence-electron chi connectivity index (χ1n) is 8.85. The van der Waals surface area contributed by atoms with E-state index in [1.54, 1.807) is 0 Å². The maximum atomic E-state index is 13.9. The number of pyridine rings is 2. The minimum atomic E-state index is -4.90. The van der Waals surface area contributed by atoms with E-state index >= 15 is 0 Å². The molecule has 4 rings (SSSR count). The molecule has 2 N–H and O–H groups in total. The zero-order valence-corrected chi connectivity index (χ0v) is 16.9. The molecule has 1 amide bonds. The highest BCUT2D eigenvalue weighted by molar-refractivity contribution is 6.32. The van der Waals surface area contributed by atoms with Crippen LogP contribution in [-0.4, -0.2) is 40.9 Å². The van der Waals surface area contributed by atoms with Gasteiger partial charge >= 0.3 is 6.18 Å². The molecule has 0 aliphatic heterocycles. The number of amides is 1. The number of aromatic nitrogens is 7. The van der Waals surface area contributed by atoms with E-state index < -0.39 is 23.3 Å². The second-order valence-electron chi connectivity index (χ2n) is 6.51. The Kier molecular flexibility index (Phi) is 5.26.